The van der Waals surface area contributed by atoms with Crippen molar-refractivity contribution < 1.29 is 38.0 Å². The summed E-state index contributed by atoms with van der Waals surface area (Å²) in [5.41, 5.74) is 1.90. The number of aryl methyl sites for hydroxylation is 1. The average molecular weight is 888 g/mol. The number of amides is 1. The van der Waals surface area contributed by atoms with Crippen LogP contribution >= 0.6 is 0 Å². The third-order valence-corrected chi connectivity index (χ3v) is 14.1. The molecule has 3 saturated heterocycles. The predicted octanol–water partition coefficient (Wildman–Crippen LogP) is 5.24. The Kier molecular flexibility index (Phi) is 12.5. The molecule has 5 fully saturated rings. The number of likely N-dealkylation sites (tertiary alicyclic amines) is 1. The summed E-state index contributed by atoms with van der Waals surface area (Å²) in [6.45, 7) is 8.30. The Bertz CT molecular complexity index is 2400. The van der Waals surface area contributed by atoms with Crippen LogP contribution in [0.1, 0.15) is 104 Å². The van der Waals surface area contributed by atoms with E-state index in [4.69, 9.17) is 19.3 Å². The Balaban J connectivity index is 0.655. The number of fused-ring (bicyclic) bond motifs is 2. The highest BCUT2D eigenvalue weighted by Gasteiger charge is 2.35. The van der Waals surface area contributed by atoms with Gasteiger partial charge in [-0.1, -0.05) is 6.07 Å². The number of anilines is 2. The van der Waals surface area contributed by atoms with Crippen LogP contribution in [-0.2, 0) is 9.47 Å². The van der Waals surface area contributed by atoms with Gasteiger partial charge in [0.15, 0.2) is 11.3 Å². The van der Waals surface area contributed by atoms with E-state index in [9.17, 15) is 23.8 Å². The Labute approximate surface area is 370 Å². The summed E-state index contributed by atoms with van der Waals surface area (Å²) in [6.07, 6.45) is 9.39. The van der Waals surface area contributed by atoms with E-state index in [0.717, 1.165) is 100.0 Å². The summed E-state index contributed by atoms with van der Waals surface area (Å²) >= 11 is 0. The number of piperidine rings is 2. The fraction of sp³-hybridized carbons (Fsp3) is 0.622. The SMILES string of the molecule is Cc1nn([C@H]2CC[C@H](O)N[C@H]2O)c2cccc(OC3CC(COC4CCN(CC5CCC(n6cc(NC(=O)c7cnn8ccc(N9CCOCC9)nc78)c(C(F)F)n6)CC5)CC4)C3)c12. The van der Waals surface area contributed by atoms with E-state index < -0.39 is 30.5 Å². The van der Waals surface area contributed by atoms with E-state index in [0.29, 0.717) is 62.4 Å². The van der Waals surface area contributed by atoms with Gasteiger partial charge in [0, 0.05) is 45.1 Å². The highest BCUT2D eigenvalue weighted by atomic mass is 19.3. The smallest absolute Gasteiger partial charge is 0.284 e. The minimum absolute atomic E-state index is 0.00730. The number of hydrogen-bond donors (Lipinski definition) is 4. The molecule has 3 atom stereocenters. The zero-order chi connectivity index (χ0) is 43.9. The van der Waals surface area contributed by atoms with Crippen LogP contribution in [0, 0.1) is 18.8 Å². The zero-order valence-corrected chi connectivity index (χ0v) is 36.3. The van der Waals surface area contributed by atoms with E-state index >= 15 is 0 Å². The molecule has 5 aliphatic rings. The first kappa shape index (κ1) is 43.1. The maximum Gasteiger partial charge on any atom is 0.284 e. The Morgan fingerprint density at radius 2 is 1.77 bits per heavy atom. The molecule has 0 radical (unpaired) electrons. The standard InChI is InChI=1S/C45H59F2N11O6/c1-27-40-35(58(52-27)36-9-10-39(59)51-45(36)61)3-2-4-37(40)64-32-21-29(22-32)26-63-31-11-14-54(15-12-31)24-28-5-7-30(8-6-28)57-25-34(41(53-57)42(46)47)49-44(60)33-23-48-56-16-13-38(50-43(33)56)55-17-19-62-20-18-55/h2-4,13,16,23,25,28-32,36,39,42,45,51,59,61H,5-12,14-15,17-22,24,26H2,1H3,(H,49,60)/t28?,29?,30?,32?,36-,39-,45-/m0/s1. The number of benzene rings is 1. The lowest BCUT2D eigenvalue weighted by Gasteiger charge is -2.39. The molecule has 17 nitrogen and oxygen atoms in total. The largest absolute Gasteiger partial charge is 0.490 e. The van der Waals surface area contributed by atoms with Gasteiger partial charge in [0.25, 0.3) is 12.3 Å². The van der Waals surface area contributed by atoms with Crippen LogP contribution in [0.3, 0.4) is 0 Å². The van der Waals surface area contributed by atoms with Gasteiger partial charge in [0.1, 0.15) is 29.6 Å². The van der Waals surface area contributed by atoms with Gasteiger partial charge in [-0.15, -0.1) is 0 Å². The van der Waals surface area contributed by atoms with Gasteiger partial charge in [-0.3, -0.25) is 19.5 Å². The lowest BCUT2D eigenvalue weighted by atomic mass is 9.83. The highest BCUT2D eigenvalue weighted by molar-refractivity contribution is 6.08. The molecule has 2 saturated carbocycles. The van der Waals surface area contributed by atoms with Crippen molar-refractivity contribution in [3.63, 3.8) is 0 Å². The molecule has 19 heteroatoms. The number of morpholine rings is 1. The third kappa shape index (κ3) is 9.07. The third-order valence-electron chi connectivity index (χ3n) is 14.1. The first-order valence-corrected chi connectivity index (χ1v) is 23.1. The van der Waals surface area contributed by atoms with Crippen molar-refractivity contribution in [1.29, 1.82) is 0 Å². The molecule has 344 valence electrons. The summed E-state index contributed by atoms with van der Waals surface area (Å²) < 4.78 is 52.0. The Morgan fingerprint density at radius 3 is 2.53 bits per heavy atom. The number of alkyl halides is 2. The number of nitrogens with zero attached hydrogens (tertiary/aromatic N) is 9. The summed E-state index contributed by atoms with van der Waals surface area (Å²) in [6, 6.07) is 7.54. The van der Waals surface area contributed by atoms with Crippen molar-refractivity contribution in [1.82, 2.24) is 44.4 Å². The van der Waals surface area contributed by atoms with E-state index in [1.165, 1.54) is 10.7 Å². The molecule has 3 aliphatic heterocycles. The maximum atomic E-state index is 14.3. The van der Waals surface area contributed by atoms with Crippen LogP contribution in [0.4, 0.5) is 20.3 Å². The van der Waals surface area contributed by atoms with Crippen LogP contribution < -0.4 is 20.3 Å². The van der Waals surface area contributed by atoms with Gasteiger partial charge < -0.3 is 39.5 Å². The van der Waals surface area contributed by atoms with Crippen LogP contribution in [0.5, 0.6) is 5.75 Å². The molecule has 4 N–H and O–H groups in total. The van der Waals surface area contributed by atoms with Gasteiger partial charge in [-0.25, -0.2) is 18.3 Å². The predicted molar refractivity (Wildman–Crippen MR) is 233 cm³/mol. The molecule has 7 heterocycles. The van der Waals surface area contributed by atoms with Gasteiger partial charge >= 0.3 is 0 Å². The van der Waals surface area contributed by atoms with E-state index in [2.05, 4.69) is 35.6 Å². The highest BCUT2D eigenvalue weighted by Crippen LogP contribution is 2.39. The number of aliphatic hydroxyl groups is 2. The van der Waals surface area contributed by atoms with Crippen molar-refractivity contribution in [2.45, 2.75) is 114 Å². The summed E-state index contributed by atoms with van der Waals surface area (Å²) in [7, 11) is 0. The van der Waals surface area contributed by atoms with Crippen molar-refractivity contribution >= 4 is 34.0 Å². The summed E-state index contributed by atoms with van der Waals surface area (Å²) in [4.78, 5) is 22.8. The minimum atomic E-state index is -2.84. The second-order valence-corrected chi connectivity index (χ2v) is 18.4. The topological polar surface area (TPSA) is 182 Å². The Morgan fingerprint density at radius 1 is 0.969 bits per heavy atom. The van der Waals surface area contributed by atoms with Crippen LogP contribution in [0.2, 0.25) is 0 Å². The van der Waals surface area contributed by atoms with Gasteiger partial charge in [-0.2, -0.15) is 15.3 Å². The number of nitrogens with one attached hydrogen (secondary N) is 2. The first-order chi connectivity index (χ1) is 31.1. The van der Waals surface area contributed by atoms with E-state index in [1.54, 1.807) is 17.1 Å². The molecule has 0 unspecified atom stereocenters. The van der Waals surface area contributed by atoms with Gasteiger partial charge in [0.05, 0.1) is 72.6 Å². The number of hydrogen-bond acceptors (Lipinski definition) is 13. The molecule has 1 aromatic carbocycles. The molecule has 64 heavy (non-hydrogen) atoms. The fourth-order valence-corrected chi connectivity index (χ4v) is 10.4. The Hall–Kier alpha value is -4.79. The van der Waals surface area contributed by atoms with Crippen molar-refractivity contribution in [2.75, 3.05) is 62.8 Å². The molecule has 5 aromatic rings. The fourth-order valence-electron chi connectivity index (χ4n) is 10.4. The number of rotatable bonds is 13. The lowest BCUT2D eigenvalue weighted by Crippen LogP contribution is -2.48. The number of aromatic nitrogens is 7. The lowest BCUT2D eigenvalue weighted by molar-refractivity contribution is -0.0481. The summed E-state index contributed by atoms with van der Waals surface area (Å²) in [5.74, 6) is 1.96. The minimum Gasteiger partial charge on any atom is -0.490 e. The van der Waals surface area contributed by atoms with Gasteiger partial charge in [-0.05, 0) is 101 Å². The second kappa shape index (κ2) is 18.6. The van der Waals surface area contributed by atoms with Crippen LogP contribution in [0.25, 0.3) is 16.6 Å². The zero-order valence-electron chi connectivity index (χ0n) is 36.3. The number of ether oxygens (including phenoxy) is 3. The van der Waals surface area contributed by atoms with Gasteiger partial charge in [0.2, 0.25) is 0 Å². The first-order valence-electron chi connectivity index (χ1n) is 23.1. The number of carbonyl (C=O) groups excluding carboxylic acids is 1. The van der Waals surface area contributed by atoms with Crippen LogP contribution in [0.15, 0.2) is 42.9 Å². The molecule has 2 aliphatic carbocycles. The quantitative estimate of drug-likeness (QED) is 0.121. The number of carbonyl (C=O) groups is 1. The van der Waals surface area contributed by atoms with E-state index in [1.807, 2.05) is 35.9 Å². The summed E-state index contributed by atoms with van der Waals surface area (Å²) in [5, 5.41) is 40.3. The van der Waals surface area contributed by atoms with Crippen molar-refractivity contribution in [3.8, 4) is 5.75 Å². The normalized spacial score (nSPS) is 27.3. The number of aliphatic hydroxyl groups excluding tert-OH is 2. The maximum absolute atomic E-state index is 14.3. The molecule has 0 bridgehead atoms. The molecule has 1 amide bonds. The van der Waals surface area contributed by atoms with Crippen molar-refractivity contribution in [2.24, 2.45) is 11.8 Å². The molecule has 4 aromatic heterocycles. The van der Waals surface area contributed by atoms with E-state index in [-0.39, 0.29) is 35.5 Å². The molecular weight excluding hydrogens is 829 g/mol. The monoisotopic (exact) mass is 887 g/mol. The average Bonchev–Trinajstić information content (AvgIpc) is 4.01. The molecule has 10 rings (SSSR count). The second-order valence-electron chi connectivity index (χ2n) is 18.4. The molecule has 0 spiro atoms. The van der Waals surface area contributed by atoms with Crippen molar-refractivity contribution in [3.05, 3.63) is 59.8 Å². The molecular formula is C45H59F2N11O6. The number of halogens is 2. The van der Waals surface area contributed by atoms with Crippen LogP contribution in [-0.4, -0.2) is 132 Å².